The summed E-state index contributed by atoms with van der Waals surface area (Å²) in [4.78, 5) is 0. The van der Waals surface area contributed by atoms with E-state index >= 15 is 0 Å². The zero-order valence-corrected chi connectivity index (χ0v) is 6.17. The van der Waals surface area contributed by atoms with Gasteiger partial charge in [-0.05, 0) is 19.1 Å². The molecule has 0 aliphatic carbocycles. The van der Waals surface area contributed by atoms with Crippen LogP contribution in [0.25, 0.3) is 0 Å². The molecule has 0 aromatic carbocycles. The van der Waals surface area contributed by atoms with Gasteiger partial charge in [0.1, 0.15) is 0 Å². The van der Waals surface area contributed by atoms with Crippen molar-refractivity contribution in [3.8, 4) is 0 Å². The number of hydrogen-bond donors (Lipinski definition) is 0. The van der Waals surface area contributed by atoms with Gasteiger partial charge in [-0.25, -0.2) is 0 Å². The van der Waals surface area contributed by atoms with E-state index in [-0.39, 0.29) is 5.38 Å². The summed E-state index contributed by atoms with van der Waals surface area (Å²) in [6.07, 6.45) is 4.03. The first-order valence-corrected chi connectivity index (χ1v) is 3.47. The Labute approximate surface area is 60.2 Å². The van der Waals surface area contributed by atoms with Crippen molar-refractivity contribution in [1.82, 2.24) is 4.57 Å². The van der Waals surface area contributed by atoms with Crippen LogP contribution < -0.4 is 0 Å². The van der Waals surface area contributed by atoms with Crippen LogP contribution >= 0.6 is 11.6 Å². The van der Waals surface area contributed by atoms with Crippen molar-refractivity contribution < 1.29 is 0 Å². The zero-order chi connectivity index (χ0) is 6.69. The van der Waals surface area contributed by atoms with Crippen molar-refractivity contribution in [2.75, 3.05) is 0 Å². The lowest BCUT2D eigenvalue weighted by atomic mass is 10.5. The lowest BCUT2D eigenvalue weighted by molar-refractivity contribution is 0.690. The second kappa shape index (κ2) is 2.92. The van der Waals surface area contributed by atoms with Gasteiger partial charge in [0, 0.05) is 24.3 Å². The molecule has 9 heavy (non-hydrogen) atoms. The van der Waals surface area contributed by atoms with Crippen LogP contribution in [-0.4, -0.2) is 9.94 Å². The molecule has 1 unspecified atom stereocenters. The highest BCUT2D eigenvalue weighted by atomic mass is 35.5. The number of hydrogen-bond acceptors (Lipinski definition) is 0. The number of nitrogens with zero attached hydrogens (tertiary/aromatic N) is 1. The van der Waals surface area contributed by atoms with E-state index in [1.54, 1.807) is 0 Å². The van der Waals surface area contributed by atoms with Crippen molar-refractivity contribution in [2.24, 2.45) is 0 Å². The normalized spacial score (nSPS) is 13.6. The Kier molecular flexibility index (Phi) is 2.17. The fourth-order valence-corrected chi connectivity index (χ4v) is 0.942. The summed E-state index contributed by atoms with van der Waals surface area (Å²) >= 11 is 5.75. The monoisotopic (exact) mass is 143 g/mol. The first kappa shape index (κ1) is 6.69. The van der Waals surface area contributed by atoms with E-state index in [1.165, 1.54) is 0 Å². The summed E-state index contributed by atoms with van der Waals surface area (Å²) in [6, 6.07) is 4.00. The van der Waals surface area contributed by atoms with Gasteiger partial charge in [-0.1, -0.05) is 0 Å². The Bertz CT molecular complexity index is 155. The van der Waals surface area contributed by atoms with E-state index in [1.807, 2.05) is 31.5 Å². The zero-order valence-electron chi connectivity index (χ0n) is 5.42. The smallest absolute Gasteiger partial charge is 0.0486 e. The van der Waals surface area contributed by atoms with E-state index in [2.05, 4.69) is 4.57 Å². The third-order valence-electron chi connectivity index (χ3n) is 1.13. The second-order valence-corrected chi connectivity index (χ2v) is 2.91. The van der Waals surface area contributed by atoms with Gasteiger partial charge in [0.25, 0.3) is 0 Å². The molecular formula is C7H10ClN. The maximum Gasteiger partial charge on any atom is 0.0486 e. The topological polar surface area (TPSA) is 4.93 Å². The van der Waals surface area contributed by atoms with E-state index < -0.39 is 0 Å². The molecule has 1 heterocycles. The van der Waals surface area contributed by atoms with Gasteiger partial charge in [0.15, 0.2) is 0 Å². The van der Waals surface area contributed by atoms with E-state index in [0.717, 1.165) is 6.54 Å². The van der Waals surface area contributed by atoms with Crippen LogP contribution in [0.15, 0.2) is 24.5 Å². The largest absolute Gasteiger partial charge is 0.353 e. The molecule has 1 atom stereocenters. The average molecular weight is 144 g/mol. The number of aromatic nitrogens is 1. The van der Waals surface area contributed by atoms with Crippen LogP contribution in [0, 0.1) is 0 Å². The van der Waals surface area contributed by atoms with Gasteiger partial charge < -0.3 is 4.57 Å². The molecule has 1 nitrogen and oxygen atoms in total. The summed E-state index contributed by atoms with van der Waals surface area (Å²) in [5.74, 6) is 0. The SMILES string of the molecule is CC(Cl)Cn1cccc1. The van der Waals surface area contributed by atoms with Crippen LogP contribution in [0.4, 0.5) is 0 Å². The first-order valence-electron chi connectivity index (χ1n) is 3.04. The first-order chi connectivity index (χ1) is 4.29. The molecule has 1 aromatic rings. The number of alkyl halides is 1. The Hall–Kier alpha value is -0.430. The lowest BCUT2D eigenvalue weighted by Crippen LogP contribution is -2.03. The standard InChI is InChI=1S/C7H10ClN/c1-7(8)6-9-4-2-3-5-9/h2-5,7H,6H2,1H3. The third-order valence-corrected chi connectivity index (χ3v) is 1.27. The number of rotatable bonds is 2. The molecule has 0 aliphatic rings. The van der Waals surface area contributed by atoms with Crippen LogP contribution in [0.5, 0.6) is 0 Å². The highest BCUT2D eigenvalue weighted by Crippen LogP contribution is 1.98. The molecule has 2 heteroatoms. The van der Waals surface area contributed by atoms with Gasteiger partial charge in [0.2, 0.25) is 0 Å². The minimum absolute atomic E-state index is 0.220. The number of halogens is 1. The molecule has 0 saturated carbocycles. The van der Waals surface area contributed by atoms with Crippen LogP contribution in [0.3, 0.4) is 0 Å². The fourth-order valence-electron chi connectivity index (χ4n) is 0.782. The highest BCUT2D eigenvalue weighted by Gasteiger charge is 1.94. The van der Waals surface area contributed by atoms with Gasteiger partial charge in [-0.2, -0.15) is 0 Å². The van der Waals surface area contributed by atoms with Crippen LogP contribution in [0.1, 0.15) is 6.92 Å². The van der Waals surface area contributed by atoms with Crippen molar-refractivity contribution >= 4 is 11.6 Å². The molecule has 0 saturated heterocycles. The Balaban J connectivity index is 2.48. The third kappa shape index (κ3) is 2.10. The van der Waals surface area contributed by atoms with Crippen molar-refractivity contribution in [1.29, 1.82) is 0 Å². The van der Waals surface area contributed by atoms with Crippen molar-refractivity contribution in [3.05, 3.63) is 24.5 Å². The Morgan fingerprint density at radius 2 is 2.00 bits per heavy atom. The lowest BCUT2D eigenvalue weighted by Gasteiger charge is -2.02. The van der Waals surface area contributed by atoms with Crippen LogP contribution in [-0.2, 0) is 6.54 Å². The van der Waals surface area contributed by atoms with E-state index in [4.69, 9.17) is 11.6 Å². The predicted octanol–water partition coefficient (Wildman–Crippen LogP) is 2.12. The molecule has 0 aliphatic heterocycles. The molecular weight excluding hydrogens is 134 g/mol. The summed E-state index contributed by atoms with van der Waals surface area (Å²) in [6.45, 7) is 2.89. The molecule has 0 radical (unpaired) electrons. The summed E-state index contributed by atoms with van der Waals surface area (Å²) < 4.78 is 2.07. The molecule has 0 amide bonds. The quantitative estimate of drug-likeness (QED) is 0.559. The summed E-state index contributed by atoms with van der Waals surface area (Å²) in [7, 11) is 0. The van der Waals surface area contributed by atoms with Crippen molar-refractivity contribution in [3.63, 3.8) is 0 Å². The average Bonchev–Trinajstić information content (AvgIpc) is 2.15. The second-order valence-electron chi connectivity index (χ2n) is 2.16. The van der Waals surface area contributed by atoms with Crippen LogP contribution in [0.2, 0.25) is 0 Å². The summed E-state index contributed by atoms with van der Waals surface area (Å²) in [5.41, 5.74) is 0. The van der Waals surface area contributed by atoms with Gasteiger partial charge >= 0.3 is 0 Å². The molecule has 0 spiro atoms. The molecule has 1 rings (SSSR count). The highest BCUT2D eigenvalue weighted by molar-refractivity contribution is 6.20. The van der Waals surface area contributed by atoms with Gasteiger partial charge in [-0.15, -0.1) is 11.6 Å². The maximum absolute atomic E-state index is 5.75. The molecule has 50 valence electrons. The minimum atomic E-state index is 0.220. The fraction of sp³-hybridized carbons (Fsp3) is 0.429. The summed E-state index contributed by atoms with van der Waals surface area (Å²) in [5, 5.41) is 0.220. The minimum Gasteiger partial charge on any atom is -0.353 e. The Morgan fingerprint density at radius 1 is 1.44 bits per heavy atom. The van der Waals surface area contributed by atoms with E-state index in [9.17, 15) is 0 Å². The van der Waals surface area contributed by atoms with Crippen molar-refractivity contribution in [2.45, 2.75) is 18.8 Å². The van der Waals surface area contributed by atoms with Gasteiger partial charge in [0.05, 0.1) is 0 Å². The molecule has 1 aromatic heterocycles. The molecule has 0 N–H and O–H groups in total. The molecule has 0 bridgehead atoms. The van der Waals surface area contributed by atoms with E-state index in [0.29, 0.717) is 0 Å². The Morgan fingerprint density at radius 3 is 2.44 bits per heavy atom. The molecule has 0 fully saturated rings. The maximum atomic E-state index is 5.75. The van der Waals surface area contributed by atoms with Gasteiger partial charge in [-0.3, -0.25) is 0 Å². The predicted molar refractivity (Wildman–Crippen MR) is 39.7 cm³/mol.